The summed E-state index contributed by atoms with van der Waals surface area (Å²) in [5, 5.41) is 8.86. The van der Waals surface area contributed by atoms with Crippen molar-refractivity contribution in [1.82, 2.24) is 4.98 Å². The van der Waals surface area contributed by atoms with E-state index in [1.54, 1.807) is 0 Å². The van der Waals surface area contributed by atoms with Crippen LogP contribution < -0.4 is 0 Å². The van der Waals surface area contributed by atoms with E-state index >= 15 is 0 Å². The number of hydrogen-bond acceptors (Lipinski definition) is 3. The molecule has 2 rings (SSSR count). The fraction of sp³-hybridized carbons (Fsp3) is 0.700. The van der Waals surface area contributed by atoms with Crippen LogP contribution in [0.5, 0.6) is 0 Å². The molecule has 1 N–H and O–H groups in total. The zero-order valence-corrected chi connectivity index (χ0v) is 9.31. The molecule has 0 spiro atoms. The predicted molar refractivity (Wildman–Crippen MR) is 54.0 cm³/mol. The Morgan fingerprint density at radius 1 is 1.50 bits per heavy atom. The summed E-state index contributed by atoms with van der Waals surface area (Å²) in [5.41, 5.74) is 0. The maximum Gasteiger partial charge on any atom is 0.443 e. The lowest BCUT2D eigenvalue weighted by Gasteiger charge is -2.26. The van der Waals surface area contributed by atoms with Crippen LogP contribution in [0.3, 0.4) is 0 Å². The van der Waals surface area contributed by atoms with Crippen LogP contribution in [0, 0.1) is 5.92 Å². The molecule has 0 radical (unpaired) electrons. The third kappa shape index (κ3) is 2.55. The van der Waals surface area contributed by atoms with E-state index in [1.807, 2.05) is 0 Å². The maximum absolute atomic E-state index is 12.3. The Kier molecular flexibility index (Phi) is 3.21. The third-order valence-corrected chi connectivity index (χ3v) is 4.02. The fourth-order valence-corrected chi connectivity index (χ4v) is 2.51. The van der Waals surface area contributed by atoms with Gasteiger partial charge in [-0.05, 0) is 12.3 Å². The number of aliphatic hydroxyl groups excluding tert-OH is 1. The molecule has 0 bridgehead atoms. The van der Waals surface area contributed by atoms with Gasteiger partial charge in [-0.15, -0.1) is 11.3 Å². The molecule has 0 aliphatic heterocycles. The van der Waals surface area contributed by atoms with Crippen molar-refractivity contribution in [1.29, 1.82) is 0 Å². The van der Waals surface area contributed by atoms with E-state index in [9.17, 15) is 18.3 Å². The molecule has 6 heteroatoms. The topological polar surface area (TPSA) is 33.1 Å². The molecular formula is C10H12F3NOS. The van der Waals surface area contributed by atoms with E-state index in [4.69, 9.17) is 0 Å². The lowest BCUT2D eigenvalue weighted by molar-refractivity contribution is -0.137. The molecule has 0 amide bonds. The smallest absolute Gasteiger partial charge is 0.388 e. The predicted octanol–water partition coefficient (Wildman–Crippen LogP) is 3.39. The summed E-state index contributed by atoms with van der Waals surface area (Å²) in [7, 11) is 0. The van der Waals surface area contributed by atoms with E-state index in [0.29, 0.717) is 28.6 Å². The van der Waals surface area contributed by atoms with E-state index < -0.39 is 17.3 Å². The van der Waals surface area contributed by atoms with Gasteiger partial charge in [0, 0.05) is 6.20 Å². The van der Waals surface area contributed by atoms with Gasteiger partial charge in [0.2, 0.25) is 0 Å². The number of nitrogens with zero attached hydrogens (tertiary/aromatic N) is 1. The van der Waals surface area contributed by atoms with Crippen LogP contribution in [0.4, 0.5) is 13.2 Å². The fourth-order valence-electron chi connectivity index (χ4n) is 1.73. The van der Waals surface area contributed by atoms with Crippen molar-refractivity contribution in [3.8, 4) is 0 Å². The minimum Gasteiger partial charge on any atom is -0.388 e. The van der Waals surface area contributed by atoms with Gasteiger partial charge < -0.3 is 5.11 Å². The Balaban J connectivity index is 2.00. The zero-order valence-electron chi connectivity index (χ0n) is 8.50. The average molecular weight is 251 g/mol. The minimum absolute atomic E-state index is 0.319. The molecule has 1 fully saturated rings. The second-order valence-electron chi connectivity index (χ2n) is 4.11. The number of alkyl halides is 3. The summed E-state index contributed by atoms with van der Waals surface area (Å²) < 4.78 is 36.8. The second-order valence-corrected chi connectivity index (χ2v) is 5.18. The first kappa shape index (κ1) is 11.9. The second kappa shape index (κ2) is 4.33. The van der Waals surface area contributed by atoms with E-state index in [-0.39, 0.29) is 0 Å². The third-order valence-electron chi connectivity index (χ3n) is 2.88. The van der Waals surface area contributed by atoms with E-state index in [2.05, 4.69) is 4.98 Å². The Morgan fingerprint density at radius 3 is 2.62 bits per heavy atom. The molecule has 1 aliphatic rings. The molecule has 0 aromatic carbocycles. The summed E-state index contributed by atoms with van der Waals surface area (Å²) in [6, 6.07) is 0. The van der Waals surface area contributed by atoms with Gasteiger partial charge in [0.15, 0.2) is 5.01 Å². The summed E-state index contributed by atoms with van der Waals surface area (Å²) in [4.78, 5) is 3.61. The van der Waals surface area contributed by atoms with Gasteiger partial charge in [-0.25, -0.2) is 4.98 Å². The van der Waals surface area contributed by atoms with Crippen LogP contribution in [-0.4, -0.2) is 10.1 Å². The number of rotatable bonds is 3. The average Bonchev–Trinajstić information content (AvgIpc) is 2.58. The summed E-state index contributed by atoms with van der Waals surface area (Å²) in [6.45, 7) is 0. The monoisotopic (exact) mass is 251 g/mol. The molecule has 2 nitrogen and oxygen atoms in total. The van der Waals surface area contributed by atoms with Crippen molar-refractivity contribution in [3.63, 3.8) is 0 Å². The normalized spacial score (nSPS) is 19.5. The molecule has 1 saturated carbocycles. The maximum atomic E-state index is 12.3. The lowest BCUT2D eigenvalue weighted by Crippen LogP contribution is -2.14. The van der Waals surface area contributed by atoms with Gasteiger partial charge in [0.05, 0.1) is 11.0 Å². The minimum atomic E-state index is -4.40. The molecule has 1 aromatic heterocycles. The summed E-state index contributed by atoms with van der Waals surface area (Å²) in [5.74, 6) is 0.464. The number of aromatic nitrogens is 1. The van der Waals surface area contributed by atoms with Crippen molar-refractivity contribution in [2.45, 2.75) is 38.0 Å². The van der Waals surface area contributed by atoms with Gasteiger partial charge in [-0.2, -0.15) is 13.2 Å². The van der Waals surface area contributed by atoms with E-state index in [0.717, 1.165) is 25.5 Å². The molecule has 1 unspecified atom stereocenters. The Morgan fingerprint density at radius 2 is 2.19 bits per heavy atom. The largest absolute Gasteiger partial charge is 0.443 e. The van der Waals surface area contributed by atoms with Crippen LogP contribution in [0.1, 0.15) is 41.7 Å². The Bertz CT molecular complexity index is 359. The van der Waals surface area contributed by atoms with Crippen LogP contribution in [0.25, 0.3) is 0 Å². The molecule has 16 heavy (non-hydrogen) atoms. The van der Waals surface area contributed by atoms with Gasteiger partial charge in [-0.3, -0.25) is 0 Å². The molecule has 1 atom stereocenters. The van der Waals surface area contributed by atoms with E-state index in [1.165, 1.54) is 0 Å². The SMILES string of the molecule is OC(CC1CCC1)c1cnc(C(F)(F)F)s1. The molecule has 0 saturated heterocycles. The molecular weight excluding hydrogens is 239 g/mol. The highest BCUT2D eigenvalue weighted by Crippen LogP contribution is 2.38. The quantitative estimate of drug-likeness (QED) is 0.893. The first-order valence-electron chi connectivity index (χ1n) is 5.18. The Hall–Kier alpha value is -0.620. The highest BCUT2D eigenvalue weighted by Gasteiger charge is 2.35. The lowest BCUT2D eigenvalue weighted by atomic mass is 9.81. The van der Waals surface area contributed by atoms with Gasteiger partial charge >= 0.3 is 6.18 Å². The van der Waals surface area contributed by atoms with Gasteiger partial charge in [0.1, 0.15) is 0 Å². The van der Waals surface area contributed by atoms with Crippen LogP contribution >= 0.6 is 11.3 Å². The molecule has 1 heterocycles. The van der Waals surface area contributed by atoms with Crippen LogP contribution in [0.15, 0.2) is 6.20 Å². The first-order chi connectivity index (χ1) is 7.47. The van der Waals surface area contributed by atoms with Crippen LogP contribution in [0.2, 0.25) is 0 Å². The number of hydrogen-bond donors (Lipinski definition) is 1. The van der Waals surface area contributed by atoms with Crippen molar-refractivity contribution < 1.29 is 18.3 Å². The molecule has 1 aromatic rings. The van der Waals surface area contributed by atoms with Crippen molar-refractivity contribution in [2.24, 2.45) is 5.92 Å². The summed E-state index contributed by atoms with van der Waals surface area (Å²) in [6.07, 6.45) is -0.202. The molecule has 1 aliphatic carbocycles. The zero-order chi connectivity index (χ0) is 11.8. The standard InChI is InChI=1S/C10H12F3NOS/c11-10(12,13)9-14-5-8(16-9)7(15)4-6-2-1-3-6/h5-7,15H,1-4H2. The number of halogens is 3. The number of aliphatic hydroxyl groups is 1. The first-order valence-corrected chi connectivity index (χ1v) is 5.99. The van der Waals surface area contributed by atoms with Gasteiger partial charge in [0.25, 0.3) is 0 Å². The highest BCUT2D eigenvalue weighted by molar-refractivity contribution is 7.11. The molecule has 90 valence electrons. The van der Waals surface area contributed by atoms with Crippen molar-refractivity contribution >= 4 is 11.3 Å². The van der Waals surface area contributed by atoms with Crippen LogP contribution in [-0.2, 0) is 6.18 Å². The summed E-state index contributed by atoms with van der Waals surface area (Å²) >= 11 is 0.538. The van der Waals surface area contributed by atoms with Crippen molar-refractivity contribution in [3.05, 3.63) is 16.1 Å². The van der Waals surface area contributed by atoms with Crippen molar-refractivity contribution in [2.75, 3.05) is 0 Å². The Labute approximate surface area is 95.1 Å². The van der Waals surface area contributed by atoms with Gasteiger partial charge in [-0.1, -0.05) is 19.3 Å². The number of thiazole rings is 1. The highest BCUT2D eigenvalue weighted by atomic mass is 32.1.